The topological polar surface area (TPSA) is 76.7 Å². The van der Waals surface area contributed by atoms with Gasteiger partial charge in [-0.05, 0) is 55.5 Å². The van der Waals surface area contributed by atoms with Crippen LogP contribution in [-0.2, 0) is 9.53 Å². The molecule has 7 heteroatoms. The molecule has 0 heterocycles. The van der Waals surface area contributed by atoms with Gasteiger partial charge in [0.25, 0.3) is 5.91 Å². The van der Waals surface area contributed by atoms with Crippen molar-refractivity contribution < 1.29 is 19.1 Å². The second-order valence-corrected chi connectivity index (χ2v) is 5.81. The van der Waals surface area contributed by atoms with Crippen molar-refractivity contribution in [2.24, 2.45) is 0 Å². The predicted octanol–water partition coefficient (Wildman–Crippen LogP) is 4.03. The van der Waals surface area contributed by atoms with E-state index in [0.717, 1.165) is 4.47 Å². The van der Waals surface area contributed by atoms with Crippen LogP contribution in [0.4, 0.5) is 16.2 Å². The van der Waals surface area contributed by atoms with Crippen LogP contribution < -0.4 is 15.4 Å². The quantitative estimate of drug-likeness (QED) is 0.804. The highest BCUT2D eigenvalue weighted by Crippen LogP contribution is 2.18. The standard InChI is InChI=1S/C17H17BrN2O4/c1-11(24-15-9-3-12(18)4-10-15)16(21)19-13-5-7-14(8-6-13)20-17(22)23-2/h3-11H,1-2H3,(H,19,21)(H,20,22). The Kier molecular flexibility index (Phi) is 6.20. The lowest BCUT2D eigenvalue weighted by Crippen LogP contribution is -2.30. The summed E-state index contributed by atoms with van der Waals surface area (Å²) in [5, 5.41) is 5.28. The number of halogens is 1. The molecule has 0 saturated heterocycles. The Balaban J connectivity index is 1.91. The zero-order chi connectivity index (χ0) is 17.5. The molecule has 0 bridgehead atoms. The molecule has 0 fully saturated rings. The van der Waals surface area contributed by atoms with Crippen molar-refractivity contribution in [3.63, 3.8) is 0 Å². The second kappa shape index (κ2) is 8.35. The zero-order valence-corrected chi connectivity index (χ0v) is 14.8. The monoisotopic (exact) mass is 392 g/mol. The number of ether oxygens (including phenoxy) is 2. The van der Waals surface area contributed by atoms with Gasteiger partial charge in [0.2, 0.25) is 0 Å². The van der Waals surface area contributed by atoms with Crippen LogP contribution in [0.1, 0.15) is 6.92 Å². The Labute approximate surface area is 148 Å². The molecule has 0 radical (unpaired) electrons. The van der Waals surface area contributed by atoms with Crippen LogP contribution in [0, 0.1) is 0 Å². The van der Waals surface area contributed by atoms with E-state index in [4.69, 9.17) is 4.74 Å². The van der Waals surface area contributed by atoms with Crippen molar-refractivity contribution in [2.75, 3.05) is 17.7 Å². The first kappa shape index (κ1) is 17.8. The molecule has 2 amide bonds. The summed E-state index contributed by atoms with van der Waals surface area (Å²) >= 11 is 3.34. The van der Waals surface area contributed by atoms with Gasteiger partial charge in [-0.15, -0.1) is 0 Å². The van der Waals surface area contributed by atoms with E-state index in [1.807, 2.05) is 12.1 Å². The summed E-state index contributed by atoms with van der Waals surface area (Å²) in [5.41, 5.74) is 1.17. The summed E-state index contributed by atoms with van der Waals surface area (Å²) in [6, 6.07) is 13.9. The maximum atomic E-state index is 12.2. The number of rotatable bonds is 5. The SMILES string of the molecule is COC(=O)Nc1ccc(NC(=O)C(C)Oc2ccc(Br)cc2)cc1. The van der Waals surface area contributed by atoms with Crippen molar-refractivity contribution in [1.29, 1.82) is 0 Å². The van der Waals surface area contributed by atoms with E-state index in [0.29, 0.717) is 17.1 Å². The zero-order valence-electron chi connectivity index (χ0n) is 13.2. The van der Waals surface area contributed by atoms with Crippen LogP contribution in [0.2, 0.25) is 0 Å². The molecule has 2 aromatic carbocycles. The third kappa shape index (κ3) is 5.27. The smallest absolute Gasteiger partial charge is 0.411 e. The Morgan fingerprint density at radius 3 is 2.04 bits per heavy atom. The van der Waals surface area contributed by atoms with Crippen LogP contribution >= 0.6 is 15.9 Å². The minimum Gasteiger partial charge on any atom is -0.481 e. The number of benzene rings is 2. The third-order valence-electron chi connectivity index (χ3n) is 3.08. The summed E-state index contributed by atoms with van der Waals surface area (Å²) in [6.07, 6.45) is -1.21. The molecule has 0 aliphatic carbocycles. The largest absolute Gasteiger partial charge is 0.481 e. The van der Waals surface area contributed by atoms with Gasteiger partial charge in [0, 0.05) is 15.8 Å². The molecule has 24 heavy (non-hydrogen) atoms. The number of anilines is 2. The van der Waals surface area contributed by atoms with E-state index in [2.05, 4.69) is 31.3 Å². The average Bonchev–Trinajstić information content (AvgIpc) is 2.58. The first-order valence-corrected chi connectivity index (χ1v) is 7.95. The lowest BCUT2D eigenvalue weighted by molar-refractivity contribution is -0.122. The molecular weight excluding hydrogens is 376 g/mol. The van der Waals surface area contributed by atoms with Crippen molar-refractivity contribution in [1.82, 2.24) is 0 Å². The summed E-state index contributed by atoms with van der Waals surface area (Å²) < 4.78 is 11.0. The fourth-order valence-electron chi connectivity index (χ4n) is 1.82. The molecule has 0 spiro atoms. The second-order valence-electron chi connectivity index (χ2n) is 4.90. The lowest BCUT2D eigenvalue weighted by Gasteiger charge is -2.15. The molecule has 6 nitrogen and oxygen atoms in total. The highest BCUT2D eigenvalue weighted by Gasteiger charge is 2.15. The number of nitrogens with one attached hydrogen (secondary N) is 2. The molecule has 1 unspecified atom stereocenters. The van der Waals surface area contributed by atoms with E-state index in [1.54, 1.807) is 43.3 Å². The van der Waals surface area contributed by atoms with Gasteiger partial charge in [0.1, 0.15) is 5.75 Å². The van der Waals surface area contributed by atoms with Gasteiger partial charge in [-0.1, -0.05) is 15.9 Å². The highest BCUT2D eigenvalue weighted by atomic mass is 79.9. The number of methoxy groups -OCH3 is 1. The average molecular weight is 393 g/mol. The minimum atomic E-state index is -0.654. The maximum Gasteiger partial charge on any atom is 0.411 e. The van der Waals surface area contributed by atoms with Crippen LogP contribution in [0.15, 0.2) is 53.0 Å². The molecule has 126 valence electrons. The van der Waals surface area contributed by atoms with Crippen molar-refractivity contribution in [3.05, 3.63) is 53.0 Å². The Morgan fingerprint density at radius 2 is 1.50 bits per heavy atom. The van der Waals surface area contributed by atoms with Gasteiger partial charge < -0.3 is 14.8 Å². The van der Waals surface area contributed by atoms with Gasteiger partial charge in [0.05, 0.1) is 7.11 Å². The van der Waals surface area contributed by atoms with Crippen molar-refractivity contribution in [3.8, 4) is 5.75 Å². The van der Waals surface area contributed by atoms with Gasteiger partial charge in [-0.3, -0.25) is 10.1 Å². The van der Waals surface area contributed by atoms with Crippen LogP contribution in [0.3, 0.4) is 0 Å². The van der Waals surface area contributed by atoms with E-state index in [1.165, 1.54) is 7.11 Å². The maximum absolute atomic E-state index is 12.2. The summed E-state index contributed by atoms with van der Waals surface area (Å²) in [5.74, 6) is 0.338. The summed E-state index contributed by atoms with van der Waals surface area (Å²) in [6.45, 7) is 1.67. The number of carbonyl (C=O) groups is 2. The highest BCUT2D eigenvalue weighted by molar-refractivity contribution is 9.10. The Bertz CT molecular complexity index is 702. The molecule has 2 N–H and O–H groups in total. The Hall–Kier alpha value is -2.54. The number of amides is 2. The lowest BCUT2D eigenvalue weighted by atomic mass is 10.2. The van der Waals surface area contributed by atoms with Crippen molar-refractivity contribution in [2.45, 2.75) is 13.0 Å². The minimum absolute atomic E-state index is 0.272. The first-order chi connectivity index (χ1) is 11.5. The first-order valence-electron chi connectivity index (χ1n) is 7.16. The summed E-state index contributed by atoms with van der Waals surface area (Å²) in [7, 11) is 1.29. The van der Waals surface area contributed by atoms with E-state index >= 15 is 0 Å². The number of hydrogen-bond donors (Lipinski definition) is 2. The molecular formula is C17H17BrN2O4. The fourth-order valence-corrected chi connectivity index (χ4v) is 2.08. The molecule has 0 saturated carbocycles. The number of hydrogen-bond acceptors (Lipinski definition) is 4. The van der Waals surface area contributed by atoms with Crippen LogP contribution in [0.25, 0.3) is 0 Å². The molecule has 2 rings (SSSR count). The molecule has 2 aromatic rings. The third-order valence-corrected chi connectivity index (χ3v) is 3.61. The number of carbonyl (C=O) groups excluding carboxylic acids is 2. The molecule has 0 aliphatic rings. The Morgan fingerprint density at radius 1 is 0.958 bits per heavy atom. The van der Waals surface area contributed by atoms with Crippen LogP contribution in [-0.4, -0.2) is 25.2 Å². The van der Waals surface area contributed by atoms with Gasteiger partial charge in [-0.25, -0.2) is 4.79 Å². The summed E-state index contributed by atoms with van der Waals surface area (Å²) in [4.78, 5) is 23.3. The van der Waals surface area contributed by atoms with Crippen molar-refractivity contribution >= 4 is 39.3 Å². The van der Waals surface area contributed by atoms with Gasteiger partial charge in [0.15, 0.2) is 6.10 Å². The molecule has 0 aromatic heterocycles. The fraction of sp³-hybridized carbons (Fsp3) is 0.176. The molecule has 0 aliphatic heterocycles. The van der Waals surface area contributed by atoms with E-state index in [9.17, 15) is 9.59 Å². The van der Waals surface area contributed by atoms with E-state index < -0.39 is 12.2 Å². The van der Waals surface area contributed by atoms with E-state index in [-0.39, 0.29) is 5.91 Å². The molecule has 1 atom stereocenters. The predicted molar refractivity (Wildman–Crippen MR) is 95.3 cm³/mol. The normalized spacial score (nSPS) is 11.3. The van der Waals surface area contributed by atoms with Crippen LogP contribution in [0.5, 0.6) is 5.75 Å². The van der Waals surface area contributed by atoms with Gasteiger partial charge >= 0.3 is 6.09 Å². The van der Waals surface area contributed by atoms with Gasteiger partial charge in [-0.2, -0.15) is 0 Å².